The quantitative estimate of drug-likeness (QED) is 0.631. The van der Waals surface area contributed by atoms with Gasteiger partial charge in [0.15, 0.2) is 0 Å². The molecule has 1 unspecified atom stereocenters. The van der Waals surface area contributed by atoms with E-state index < -0.39 is 40.1 Å². The number of carboxylic acid groups (broad SMARTS) is 1. The van der Waals surface area contributed by atoms with Crippen molar-refractivity contribution in [3.63, 3.8) is 0 Å². The van der Waals surface area contributed by atoms with E-state index in [9.17, 15) is 23.1 Å². The molecular formula is C16H25N3O6S. The van der Waals surface area contributed by atoms with Crippen LogP contribution in [0.4, 0.5) is 0 Å². The molecule has 9 nitrogen and oxygen atoms in total. The van der Waals surface area contributed by atoms with Gasteiger partial charge in [0.2, 0.25) is 15.9 Å². The molecule has 0 aliphatic carbocycles. The monoisotopic (exact) mass is 387 g/mol. The number of carboxylic acids is 1. The molecule has 0 aliphatic rings. The molecule has 0 fully saturated rings. The molecule has 1 rings (SSSR count). The van der Waals surface area contributed by atoms with Crippen LogP contribution in [0.25, 0.3) is 0 Å². The summed E-state index contributed by atoms with van der Waals surface area (Å²) in [5, 5.41) is 11.5. The van der Waals surface area contributed by atoms with E-state index in [0.717, 1.165) is 4.31 Å². The van der Waals surface area contributed by atoms with E-state index in [0.29, 0.717) is 0 Å². The zero-order valence-corrected chi connectivity index (χ0v) is 16.1. The maximum Gasteiger partial charge on any atom is 0.326 e. The number of carbonyl (C=O) groups is 2. The van der Waals surface area contributed by atoms with Gasteiger partial charge in [-0.05, 0) is 32.9 Å². The fourth-order valence-corrected chi connectivity index (χ4v) is 3.04. The minimum atomic E-state index is -3.89. The van der Waals surface area contributed by atoms with Crippen molar-refractivity contribution < 1.29 is 27.9 Å². The van der Waals surface area contributed by atoms with Gasteiger partial charge >= 0.3 is 5.97 Å². The summed E-state index contributed by atoms with van der Waals surface area (Å²) in [5.74, 6) is -1.93. The molecule has 0 aliphatic heterocycles. The highest BCUT2D eigenvalue weighted by molar-refractivity contribution is 7.89. The molecular weight excluding hydrogens is 362 g/mol. The Bertz CT molecular complexity index is 715. The lowest BCUT2D eigenvalue weighted by atomic mass is 10.2. The van der Waals surface area contributed by atoms with E-state index in [1.165, 1.54) is 31.6 Å². The van der Waals surface area contributed by atoms with Gasteiger partial charge in [0.05, 0.1) is 12.1 Å². The van der Waals surface area contributed by atoms with Gasteiger partial charge in [-0.15, -0.1) is 0 Å². The van der Waals surface area contributed by atoms with Crippen LogP contribution in [0.1, 0.15) is 27.2 Å². The number of carbonyl (C=O) groups excluding carboxylic acids is 1. The van der Waals surface area contributed by atoms with Crippen LogP contribution in [0, 0.1) is 0 Å². The first-order chi connectivity index (χ1) is 11.9. The van der Waals surface area contributed by atoms with E-state index >= 15 is 0 Å². The minimum Gasteiger partial charge on any atom is -0.480 e. The van der Waals surface area contributed by atoms with Gasteiger partial charge in [-0.2, -0.15) is 4.31 Å². The summed E-state index contributed by atoms with van der Waals surface area (Å²) in [6.45, 7) is 5.13. The Morgan fingerprint density at radius 3 is 2.54 bits per heavy atom. The third-order valence-corrected chi connectivity index (χ3v) is 5.07. The second-order valence-electron chi connectivity index (χ2n) is 6.66. The Kier molecular flexibility index (Phi) is 7.67. The van der Waals surface area contributed by atoms with Crippen molar-refractivity contribution in [3.8, 4) is 0 Å². The summed E-state index contributed by atoms with van der Waals surface area (Å²) in [7, 11) is -2.65. The first kappa shape index (κ1) is 22.0. The summed E-state index contributed by atoms with van der Waals surface area (Å²) < 4.78 is 31.0. The standard InChI is InChI=1S/C16H25N3O6S/c1-16(2,3)25-9-7-13(15(21)22)18-14(20)11-19(4)26(23,24)12-6-5-8-17-10-12/h5-6,8,10,13H,7,9,11H2,1-4H3,(H,18,20)(H,21,22). The molecule has 0 radical (unpaired) electrons. The van der Waals surface area contributed by atoms with Crippen LogP contribution in [0.5, 0.6) is 0 Å². The molecule has 1 aromatic heterocycles. The largest absolute Gasteiger partial charge is 0.480 e. The third-order valence-electron chi connectivity index (χ3n) is 3.28. The maximum absolute atomic E-state index is 12.3. The summed E-state index contributed by atoms with van der Waals surface area (Å²) in [6, 6.07) is 1.66. The summed E-state index contributed by atoms with van der Waals surface area (Å²) in [4.78, 5) is 27.0. The van der Waals surface area contributed by atoms with Crippen LogP contribution in [0.3, 0.4) is 0 Å². The van der Waals surface area contributed by atoms with Gasteiger partial charge in [0.1, 0.15) is 10.9 Å². The molecule has 10 heteroatoms. The minimum absolute atomic E-state index is 0.0522. The van der Waals surface area contributed by atoms with Crippen LogP contribution in [0.2, 0.25) is 0 Å². The molecule has 0 saturated carbocycles. The smallest absolute Gasteiger partial charge is 0.326 e. The Balaban J connectivity index is 2.66. The molecule has 0 spiro atoms. The fourth-order valence-electron chi connectivity index (χ4n) is 1.95. The van der Waals surface area contributed by atoms with Crippen molar-refractivity contribution in [1.82, 2.24) is 14.6 Å². The number of sulfonamides is 1. The Morgan fingerprint density at radius 2 is 2.04 bits per heavy atom. The van der Waals surface area contributed by atoms with Gasteiger partial charge in [-0.1, -0.05) is 0 Å². The predicted molar refractivity (Wildman–Crippen MR) is 93.9 cm³/mol. The molecule has 2 N–H and O–H groups in total. The average molecular weight is 387 g/mol. The topological polar surface area (TPSA) is 126 Å². The normalized spacial score (nSPS) is 13.4. The van der Waals surface area contributed by atoms with Gasteiger partial charge < -0.3 is 15.2 Å². The van der Waals surface area contributed by atoms with Crippen molar-refractivity contribution in [3.05, 3.63) is 24.5 Å². The van der Waals surface area contributed by atoms with Gasteiger partial charge in [-0.3, -0.25) is 9.78 Å². The lowest BCUT2D eigenvalue weighted by molar-refractivity contribution is -0.142. The zero-order chi connectivity index (χ0) is 20.0. The predicted octanol–water partition coefficient (Wildman–Crippen LogP) is 0.477. The average Bonchev–Trinajstić information content (AvgIpc) is 2.53. The number of nitrogens with zero attached hydrogens (tertiary/aromatic N) is 2. The first-order valence-corrected chi connectivity index (χ1v) is 9.40. The number of hydrogen-bond donors (Lipinski definition) is 2. The first-order valence-electron chi connectivity index (χ1n) is 7.96. The Morgan fingerprint density at radius 1 is 1.38 bits per heavy atom. The molecule has 1 aromatic rings. The van der Waals surface area contributed by atoms with E-state index in [4.69, 9.17) is 4.74 Å². The zero-order valence-electron chi connectivity index (χ0n) is 15.3. The number of aliphatic carboxylic acids is 1. The molecule has 1 atom stereocenters. The number of pyridine rings is 1. The summed E-state index contributed by atoms with van der Waals surface area (Å²) in [5.41, 5.74) is -0.426. The van der Waals surface area contributed by atoms with Crippen molar-refractivity contribution in [2.45, 2.75) is 43.7 Å². The summed E-state index contributed by atoms with van der Waals surface area (Å²) in [6.07, 6.45) is 2.67. The van der Waals surface area contributed by atoms with Crippen LogP contribution in [0.15, 0.2) is 29.4 Å². The number of nitrogens with one attached hydrogen (secondary N) is 1. The van der Waals surface area contributed by atoms with Crippen LogP contribution in [-0.2, 0) is 24.3 Å². The molecule has 1 amide bonds. The van der Waals surface area contributed by atoms with Gasteiger partial charge in [0.25, 0.3) is 0 Å². The molecule has 0 saturated heterocycles. The number of aromatic nitrogens is 1. The number of likely N-dealkylation sites (N-methyl/N-ethyl adjacent to an activating group) is 1. The fraction of sp³-hybridized carbons (Fsp3) is 0.562. The van der Waals surface area contributed by atoms with Crippen molar-refractivity contribution >= 4 is 21.9 Å². The lowest BCUT2D eigenvalue weighted by Gasteiger charge is -2.22. The number of hydrogen-bond acceptors (Lipinski definition) is 6. The highest BCUT2D eigenvalue weighted by atomic mass is 32.2. The van der Waals surface area contributed by atoms with Gasteiger partial charge in [-0.25, -0.2) is 13.2 Å². The van der Waals surface area contributed by atoms with E-state index in [1.54, 1.807) is 0 Å². The molecule has 0 bridgehead atoms. The highest BCUT2D eigenvalue weighted by Crippen LogP contribution is 2.12. The maximum atomic E-state index is 12.3. The molecule has 146 valence electrons. The number of ether oxygens (including phenoxy) is 1. The van der Waals surface area contributed by atoms with E-state index in [1.807, 2.05) is 20.8 Å². The van der Waals surface area contributed by atoms with Crippen molar-refractivity contribution in [1.29, 1.82) is 0 Å². The Hall–Kier alpha value is -2.04. The Labute approximate surface area is 153 Å². The third kappa shape index (κ3) is 7.06. The highest BCUT2D eigenvalue weighted by Gasteiger charge is 2.26. The van der Waals surface area contributed by atoms with Crippen LogP contribution in [-0.4, -0.2) is 66.5 Å². The van der Waals surface area contributed by atoms with E-state index in [2.05, 4.69) is 10.3 Å². The second-order valence-corrected chi connectivity index (χ2v) is 8.70. The van der Waals surface area contributed by atoms with Crippen LogP contribution >= 0.6 is 0 Å². The molecule has 26 heavy (non-hydrogen) atoms. The van der Waals surface area contributed by atoms with Crippen LogP contribution < -0.4 is 5.32 Å². The summed E-state index contributed by atoms with van der Waals surface area (Å²) >= 11 is 0. The lowest BCUT2D eigenvalue weighted by Crippen LogP contribution is -2.46. The molecule has 1 heterocycles. The van der Waals surface area contributed by atoms with Gasteiger partial charge in [0, 0.05) is 32.5 Å². The number of amides is 1. The van der Waals surface area contributed by atoms with Crippen molar-refractivity contribution in [2.75, 3.05) is 20.2 Å². The van der Waals surface area contributed by atoms with E-state index in [-0.39, 0.29) is 17.9 Å². The number of rotatable bonds is 9. The SMILES string of the molecule is CN(CC(=O)NC(CCOC(C)(C)C)C(=O)O)S(=O)(=O)c1cccnc1. The second kappa shape index (κ2) is 9.06. The molecule has 0 aromatic carbocycles. The van der Waals surface area contributed by atoms with Crippen molar-refractivity contribution in [2.24, 2.45) is 0 Å².